The van der Waals surface area contributed by atoms with Gasteiger partial charge >= 0.3 is 0 Å². The number of likely N-dealkylation sites (N-methyl/N-ethyl adjacent to an activating group) is 1. The van der Waals surface area contributed by atoms with Crippen LogP contribution in [0, 0.1) is 0 Å². The van der Waals surface area contributed by atoms with E-state index in [-0.39, 0.29) is 29.6 Å². The number of rotatable bonds is 10. The fraction of sp³-hybridized carbons (Fsp3) is 0.389. The zero-order chi connectivity index (χ0) is 33.7. The van der Waals surface area contributed by atoms with Gasteiger partial charge in [-0.3, -0.25) is 19.2 Å². The number of nitrogens with zero attached hydrogens (tertiary/aromatic N) is 1. The molecule has 2 atom stereocenters. The Morgan fingerprint density at radius 1 is 0.936 bits per heavy atom. The van der Waals surface area contributed by atoms with Gasteiger partial charge in [-0.2, -0.15) is 0 Å². The number of nitrogens with one attached hydrogen (secondary N) is 3. The van der Waals surface area contributed by atoms with Crippen molar-refractivity contribution >= 4 is 23.4 Å². The van der Waals surface area contributed by atoms with Crippen molar-refractivity contribution < 1.29 is 28.6 Å². The first-order chi connectivity index (χ1) is 22.7. The molecular weight excluding hydrogens is 600 g/mol. The number of methoxy groups -OCH3 is 3. The smallest absolute Gasteiger partial charge is 0.242 e. The second-order valence-corrected chi connectivity index (χ2v) is 11.8. The molecule has 0 spiro atoms. The predicted octanol–water partition coefficient (Wildman–Crippen LogP) is 3.75. The summed E-state index contributed by atoms with van der Waals surface area (Å²) >= 11 is 0. The van der Waals surface area contributed by atoms with Gasteiger partial charge < -0.3 is 35.1 Å². The van der Waals surface area contributed by atoms with E-state index >= 15 is 0 Å². The van der Waals surface area contributed by atoms with Crippen LogP contribution in [0.2, 0.25) is 0 Å². The summed E-state index contributed by atoms with van der Waals surface area (Å²) in [5, 5.41) is 8.92. The van der Waals surface area contributed by atoms with Crippen molar-refractivity contribution in [1.82, 2.24) is 15.5 Å². The number of carbonyl (C=O) groups excluding carboxylic acids is 3. The summed E-state index contributed by atoms with van der Waals surface area (Å²) in [7, 11) is 6.25. The number of anilines is 1. The van der Waals surface area contributed by atoms with Gasteiger partial charge in [-0.1, -0.05) is 30.3 Å². The highest BCUT2D eigenvalue weighted by atomic mass is 16.5. The van der Waals surface area contributed by atoms with Crippen LogP contribution in [0.5, 0.6) is 17.2 Å². The Hall–Kier alpha value is -5.06. The monoisotopic (exact) mass is 642 g/mol. The van der Waals surface area contributed by atoms with Crippen molar-refractivity contribution in [2.24, 2.45) is 0 Å². The quantitative estimate of drug-likeness (QED) is 0.285. The summed E-state index contributed by atoms with van der Waals surface area (Å²) in [6.45, 7) is 2.20. The van der Waals surface area contributed by atoms with E-state index in [1.807, 2.05) is 36.4 Å². The lowest BCUT2D eigenvalue weighted by molar-refractivity contribution is -0.141. The maximum atomic E-state index is 13.6. The van der Waals surface area contributed by atoms with E-state index in [0.717, 1.165) is 27.8 Å². The average molecular weight is 643 g/mol. The third kappa shape index (κ3) is 6.89. The number of carbonyl (C=O) groups is 3. The highest BCUT2D eigenvalue weighted by molar-refractivity contribution is 5.88. The average Bonchev–Trinajstić information content (AvgIpc) is 3.32. The van der Waals surface area contributed by atoms with E-state index in [9.17, 15) is 19.2 Å². The van der Waals surface area contributed by atoms with Crippen molar-refractivity contribution in [2.75, 3.05) is 40.2 Å². The number of hydrogen-bond acceptors (Lipinski definition) is 8. The number of benzene rings is 2. The summed E-state index contributed by atoms with van der Waals surface area (Å²) in [5.41, 5.74) is 5.35. The van der Waals surface area contributed by atoms with Crippen molar-refractivity contribution in [2.45, 2.75) is 57.7 Å². The number of amides is 3. The molecule has 3 N–H and O–H groups in total. The molecule has 0 bridgehead atoms. The van der Waals surface area contributed by atoms with Crippen molar-refractivity contribution in [3.05, 3.63) is 81.0 Å². The molecule has 47 heavy (non-hydrogen) atoms. The van der Waals surface area contributed by atoms with Crippen LogP contribution in [-0.2, 0) is 33.8 Å². The summed E-state index contributed by atoms with van der Waals surface area (Å²) < 4.78 is 17.1. The molecule has 11 heteroatoms. The topological polar surface area (TPSA) is 135 Å². The van der Waals surface area contributed by atoms with Crippen LogP contribution in [0.15, 0.2) is 53.3 Å². The maximum absolute atomic E-state index is 13.6. The SMILES string of the molecule is CNC(=O)[C@@H]1Cc2ccccc2CN1C(=O)CCCNc1ccc2c(cc1=O)[C@@H](NC(C)=O)CCc1cc(OC)c(OC)c(OC)c1-2. The highest BCUT2D eigenvalue weighted by Crippen LogP contribution is 2.50. The second kappa shape index (κ2) is 14.6. The molecular formula is C36H42N4O7. The summed E-state index contributed by atoms with van der Waals surface area (Å²) in [4.78, 5) is 53.5. The van der Waals surface area contributed by atoms with Crippen LogP contribution in [-0.4, -0.2) is 63.6 Å². The molecule has 0 aromatic heterocycles. The van der Waals surface area contributed by atoms with E-state index in [4.69, 9.17) is 14.2 Å². The van der Waals surface area contributed by atoms with E-state index in [2.05, 4.69) is 16.0 Å². The molecule has 0 fully saturated rings. The van der Waals surface area contributed by atoms with Gasteiger partial charge in [0.15, 0.2) is 11.5 Å². The van der Waals surface area contributed by atoms with Crippen molar-refractivity contribution in [3.63, 3.8) is 0 Å². The predicted molar refractivity (Wildman–Crippen MR) is 179 cm³/mol. The van der Waals surface area contributed by atoms with Gasteiger partial charge in [0.1, 0.15) is 6.04 Å². The molecule has 3 amide bonds. The fourth-order valence-corrected chi connectivity index (χ4v) is 6.65. The first-order valence-electron chi connectivity index (χ1n) is 15.8. The fourth-order valence-electron chi connectivity index (χ4n) is 6.65. The number of hydrogen-bond donors (Lipinski definition) is 3. The van der Waals surface area contributed by atoms with Crippen LogP contribution in [0.25, 0.3) is 11.1 Å². The molecule has 5 rings (SSSR count). The first kappa shape index (κ1) is 33.3. The molecule has 0 saturated heterocycles. The lowest BCUT2D eigenvalue weighted by Gasteiger charge is -2.36. The van der Waals surface area contributed by atoms with Crippen LogP contribution in [0.3, 0.4) is 0 Å². The minimum Gasteiger partial charge on any atom is -0.493 e. The van der Waals surface area contributed by atoms with Crippen LogP contribution in [0.1, 0.15) is 54.5 Å². The lowest BCUT2D eigenvalue weighted by atomic mass is 9.93. The van der Waals surface area contributed by atoms with Gasteiger partial charge in [-0.05, 0) is 65.3 Å². The lowest BCUT2D eigenvalue weighted by Crippen LogP contribution is -2.51. The van der Waals surface area contributed by atoms with E-state index < -0.39 is 12.1 Å². The van der Waals surface area contributed by atoms with Gasteiger partial charge in [0, 0.05) is 45.5 Å². The molecule has 0 radical (unpaired) electrons. The van der Waals surface area contributed by atoms with Crippen LogP contribution >= 0.6 is 0 Å². The third-order valence-corrected chi connectivity index (χ3v) is 8.92. The molecule has 2 aliphatic rings. The highest BCUT2D eigenvalue weighted by Gasteiger charge is 2.34. The Balaban J connectivity index is 1.39. The standard InChI is InChI=1S/C36H42N4O7/c1-21(41)39-27-14-12-23-18-31(45-3)34(46-4)35(47-5)33(23)25-13-15-28(30(42)19-26(25)27)38-16-8-11-32(43)40-20-24-10-7-6-9-22(24)17-29(40)36(44)37-2/h6-7,9-10,13,15,18-19,27,29H,8,11-12,14,16-17,20H2,1-5H3,(H,37,44)(H,38,42)(H,39,41)/t27-,29-/m0/s1. The van der Waals surface area contributed by atoms with E-state index in [1.165, 1.54) is 6.92 Å². The van der Waals surface area contributed by atoms with Crippen molar-refractivity contribution in [1.29, 1.82) is 0 Å². The molecule has 1 heterocycles. The molecule has 0 unspecified atom stereocenters. The Morgan fingerprint density at radius 2 is 1.68 bits per heavy atom. The molecule has 0 saturated carbocycles. The summed E-state index contributed by atoms with van der Waals surface area (Å²) in [6.07, 6.45) is 2.30. The van der Waals surface area contributed by atoms with Gasteiger partial charge in [0.05, 0.1) is 33.1 Å². The molecule has 1 aliphatic carbocycles. The third-order valence-electron chi connectivity index (χ3n) is 8.92. The molecule has 1 aliphatic heterocycles. The molecule has 11 nitrogen and oxygen atoms in total. The summed E-state index contributed by atoms with van der Waals surface area (Å²) in [6, 6.07) is 13.9. The zero-order valence-electron chi connectivity index (χ0n) is 27.5. The molecule has 3 aromatic carbocycles. The Bertz CT molecular complexity index is 1740. The number of fused-ring (bicyclic) bond motifs is 4. The Kier molecular flexibility index (Phi) is 10.3. The van der Waals surface area contributed by atoms with Gasteiger partial charge in [-0.25, -0.2) is 0 Å². The Labute approximate surface area is 274 Å². The van der Waals surface area contributed by atoms with E-state index in [0.29, 0.717) is 67.3 Å². The van der Waals surface area contributed by atoms with Crippen molar-refractivity contribution in [3.8, 4) is 28.4 Å². The maximum Gasteiger partial charge on any atom is 0.242 e. The van der Waals surface area contributed by atoms with Gasteiger partial charge in [0.25, 0.3) is 0 Å². The minimum absolute atomic E-state index is 0.117. The summed E-state index contributed by atoms with van der Waals surface area (Å²) in [5.74, 6) is 0.935. The van der Waals surface area contributed by atoms with Gasteiger partial charge in [0.2, 0.25) is 28.9 Å². The second-order valence-electron chi connectivity index (χ2n) is 11.8. The van der Waals surface area contributed by atoms with Crippen LogP contribution in [0.4, 0.5) is 5.69 Å². The zero-order valence-corrected chi connectivity index (χ0v) is 27.5. The number of ether oxygens (including phenoxy) is 3. The Morgan fingerprint density at radius 3 is 2.36 bits per heavy atom. The minimum atomic E-state index is -0.567. The largest absolute Gasteiger partial charge is 0.493 e. The molecule has 248 valence electrons. The van der Waals surface area contributed by atoms with Gasteiger partial charge in [-0.15, -0.1) is 0 Å². The normalized spacial score (nSPS) is 16.4. The van der Waals surface area contributed by atoms with Crippen LogP contribution < -0.4 is 35.6 Å². The number of aryl methyl sites for hydroxylation is 1. The molecule has 3 aromatic rings. The first-order valence-corrected chi connectivity index (χ1v) is 15.8. The van der Waals surface area contributed by atoms with E-state index in [1.54, 1.807) is 45.4 Å².